The van der Waals surface area contributed by atoms with Gasteiger partial charge in [0.1, 0.15) is 0 Å². The van der Waals surface area contributed by atoms with Gasteiger partial charge in [0.15, 0.2) is 5.60 Å². The molecule has 0 radical (unpaired) electrons. The summed E-state index contributed by atoms with van der Waals surface area (Å²) in [5.74, 6) is -0.728. The number of aliphatic hydroxyl groups is 1. The molecule has 0 saturated heterocycles. The van der Waals surface area contributed by atoms with Crippen molar-refractivity contribution in [2.24, 2.45) is 11.8 Å². The van der Waals surface area contributed by atoms with E-state index in [1.807, 2.05) is 0 Å². The third kappa shape index (κ3) is 1.22. The lowest BCUT2D eigenvalue weighted by molar-refractivity contribution is -0.272. The molecule has 0 bridgehead atoms. The summed E-state index contributed by atoms with van der Waals surface area (Å²) in [7, 11) is 0. The molecule has 4 heteroatoms. The lowest BCUT2D eigenvalue weighted by Gasteiger charge is -2.31. The first kappa shape index (κ1) is 9.84. The van der Waals surface area contributed by atoms with Crippen molar-refractivity contribution in [2.75, 3.05) is 0 Å². The molecule has 1 nitrogen and oxygen atoms in total. The van der Waals surface area contributed by atoms with Crippen LogP contribution in [0.5, 0.6) is 0 Å². The molecule has 0 aromatic carbocycles. The van der Waals surface area contributed by atoms with E-state index in [0.717, 1.165) is 0 Å². The minimum absolute atomic E-state index is 0.0448. The molecule has 0 aliphatic heterocycles. The van der Waals surface area contributed by atoms with E-state index in [-0.39, 0.29) is 12.3 Å². The zero-order chi connectivity index (χ0) is 9.57. The van der Waals surface area contributed by atoms with Gasteiger partial charge in [0.05, 0.1) is 0 Å². The molecule has 1 aliphatic carbocycles. The van der Waals surface area contributed by atoms with Gasteiger partial charge in [0.2, 0.25) is 0 Å². The largest absolute Gasteiger partial charge is 0.417 e. The first-order chi connectivity index (χ1) is 5.29. The number of alkyl halides is 3. The van der Waals surface area contributed by atoms with Crippen LogP contribution < -0.4 is 0 Å². The van der Waals surface area contributed by atoms with E-state index in [1.54, 1.807) is 6.92 Å². The Labute approximate surface area is 69.6 Å². The second kappa shape index (κ2) is 2.62. The summed E-state index contributed by atoms with van der Waals surface area (Å²) in [6, 6.07) is 0. The van der Waals surface area contributed by atoms with E-state index in [4.69, 9.17) is 0 Å². The fourth-order valence-corrected chi connectivity index (χ4v) is 1.80. The van der Waals surface area contributed by atoms with Gasteiger partial charge in [0, 0.05) is 0 Å². The van der Waals surface area contributed by atoms with Crippen LogP contribution in [0.3, 0.4) is 0 Å². The monoisotopic (exact) mass is 182 g/mol. The molecule has 0 aromatic rings. The number of halogens is 3. The Balaban J connectivity index is 2.86. The summed E-state index contributed by atoms with van der Waals surface area (Å²) in [6.07, 6.45) is -4.17. The van der Waals surface area contributed by atoms with E-state index in [2.05, 4.69) is 0 Å². The standard InChI is InChI=1S/C8H13F3O/c1-5-3-4-7(12,6(5)2)8(9,10)11/h5-6,12H,3-4H2,1-2H3. The highest BCUT2D eigenvalue weighted by molar-refractivity contribution is 4.98. The molecule has 1 fully saturated rings. The van der Waals surface area contributed by atoms with Crippen LogP contribution in [-0.4, -0.2) is 16.9 Å². The predicted octanol–water partition coefficient (Wildman–Crippen LogP) is 2.35. The molecule has 72 valence electrons. The van der Waals surface area contributed by atoms with Gasteiger partial charge in [0.25, 0.3) is 0 Å². The van der Waals surface area contributed by atoms with Crippen LogP contribution in [0.2, 0.25) is 0 Å². The average molecular weight is 182 g/mol. The SMILES string of the molecule is CC1CCC(O)(C(F)(F)F)C1C. The number of rotatable bonds is 0. The van der Waals surface area contributed by atoms with Crippen molar-refractivity contribution in [3.63, 3.8) is 0 Å². The molecule has 1 rings (SSSR count). The van der Waals surface area contributed by atoms with Crippen LogP contribution >= 0.6 is 0 Å². The van der Waals surface area contributed by atoms with E-state index in [1.165, 1.54) is 6.92 Å². The van der Waals surface area contributed by atoms with Crippen LogP contribution in [0.4, 0.5) is 13.2 Å². The predicted molar refractivity (Wildman–Crippen MR) is 38.6 cm³/mol. The van der Waals surface area contributed by atoms with Crippen molar-refractivity contribution in [2.45, 2.75) is 38.5 Å². The first-order valence-corrected chi connectivity index (χ1v) is 4.08. The summed E-state index contributed by atoms with van der Waals surface area (Å²) < 4.78 is 37.0. The summed E-state index contributed by atoms with van der Waals surface area (Å²) in [5, 5.41) is 9.34. The van der Waals surface area contributed by atoms with Crippen molar-refractivity contribution in [1.29, 1.82) is 0 Å². The maximum absolute atomic E-state index is 12.3. The van der Waals surface area contributed by atoms with E-state index < -0.39 is 17.7 Å². The van der Waals surface area contributed by atoms with Gasteiger partial charge in [-0.15, -0.1) is 0 Å². The molecule has 0 heterocycles. The van der Waals surface area contributed by atoms with E-state index in [9.17, 15) is 18.3 Å². The number of hydrogen-bond donors (Lipinski definition) is 1. The van der Waals surface area contributed by atoms with Crippen molar-refractivity contribution in [3.8, 4) is 0 Å². The highest BCUT2D eigenvalue weighted by atomic mass is 19.4. The van der Waals surface area contributed by atoms with Gasteiger partial charge in [-0.2, -0.15) is 13.2 Å². The zero-order valence-electron chi connectivity index (χ0n) is 7.15. The maximum Gasteiger partial charge on any atom is 0.417 e. The Morgan fingerprint density at radius 1 is 1.33 bits per heavy atom. The van der Waals surface area contributed by atoms with Crippen molar-refractivity contribution >= 4 is 0 Å². The van der Waals surface area contributed by atoms with Crippen LogP contribution in [-0.2, 0) is 0 Å². The molecule has 0 aromatic heterocycles. The Hall–Kier alpha value is -0.250. The smallest absolute Gasteiger partial charge is 0.380 e. The lowest BCUT2D eigenvalue weighted by Crippen LogP contribution is -2.47. The van der Waals surface area contributed by atoms with Crippen LogP contribution in [0.15, 0.2) is 0 Å². The van der Waals surface area contributed by atoms with Gasteiger partial charge in [-0.3, -0.25) is 0 Å². The molecule has 0 amide bonds. The second-order valence-electron chi connectivity index (χ2n) is 3.73. The summed E-state index contributed by atoms with van der Waals surface area (Å²) >= 11 is 0. The minimum atomic E-state index is -4.48. The summed E-state index contributed by atoms with van der Waals surface area (Å²) in [6.45, 7) is 3.21. The van der Waals surface area contributed by atoms with E-state index in [0.29, 0.717) is 6.42 Å². The quantitative estimate of drug-likeness (QED) is 0.609. The first-order valence-electron chi connectivity index (χ1n) is 4.08. The Kier molecular flexibility index (Phi) is 2.15. The Morgan fingerprint density at radius 3 is 2.00 bits per heavy atom. The highest BCUT2D eigenvalue weighted by Gasteiger charge is 2.60. The molecule has 3 atom stereocenters. The molecule has 3 unspecified atom stereocenters. The second-order valence-corrected chi connectivity index (χ2v) is 3.73. The molecular weight excluding hydrogens is 169 g/mol. The lowest BCUT2D eigenvalue weighted by atomic mass is 9.88. The molecule has 1 aliphatic rings. The average Bonchev–Trinajstić information content (AvgIpc) is 2.16. The molecule has 0 spiro atoms. The van der Waals surface area contributed by atoms with Gasteiger partial charge >= 0.3 is 6.18 Å². The topological polar surface area (TPSA) is 20.2 Å². The highest BCUT2D eigenvalue weighted by Crippen LogP contribution is 2.48. The van der Waals surface area contributed by atoms with E-state index >= 15 is 0 Å². The molecule has 1 saturated carbocycles. The van der Waals surface area contributed by atoms with Gasteiger partial charge in [-0.25, -0.2) is 0 Å². The fourth-order valence-electron chi connectivity index (χ4n) is 1.80. The molecule has 12 heavy (non-hydrogen) atoms. The van der Waals surface area contributed by atoms with Crippen LogP contribution in [0.25, 0.3) is 0 Å². The van der Waals surface area contributed by atoms with Crippen LogP contribution in [0.1, 0.15) is 26.7 Å². The van der Waals surface area contributed by atoms with Gasteiger partial charge < -0.3 is 5.11 Å². The Morgan fingerprint density at radius 2 is 1.83 bits per heavy atom. The third-order valence-corrected chi connectivity index (χ3v) is 3.08. The van der Waals surface area contributed by atoms with Crippen LogP contribution in [0, 0.1) is 11.8 Å². The summed E-state index contributed by atoms with van der Waals surface area (Å²) in [4.78, 5) is 0. The minimum Gasteiger partial charge on any atom is -0.380 e. The fraction of sp³-hybridized carbons (Fsp3) is 1.00. The van der Waals surface area contributed by atoms with Crippen molar-refractivity contribution in [1.82, 2.24) is 0 Å². The summed E-state index contributed by atoms with van der Waals surface area (Å²) in [5.41, 5.74) is -2.44. The normalized spacial score (nSPS) is 43.5. The Bertz CT molecular complexity index is 178. The molecule has 1 N–H and O–H groups in total. The zero-order valence-corrected chi connectivity index (χ0v) is 7.15. The number of hydrogen-bond acceptors (Lipinski definition) is 1. The van der Waals surface area contributed by atoms with Crippen molar-refractivity contribution in [3.05, 3.63) is 0 Å². The maximum atomic E-state index is 12.3. The van der Waals surface area contributed by atoms with Gasteiger partial charge in [-0.1, -0.05) is 13.8 Å². The molecular formula is C8H13F3O. The van der Waals surface area contributed by atoms with Gasteiger partial charge in [-0.05, 0) is 24.7 Å². The third-order valence-electron chi connectivity index (χ3n) is 3.08. The van der Waals surface area contributed by atoms with Crippen molar-refractivity contribution < 1.29 is 18.3 Å².